The van der Waals surface area contributed by atoms with E-state index >= 15 is 0 Å². The third-order valence-electron chi connectivity index (χ3n) is 4.63. The van der Waals surface area contributed by atoms with E-state index in [9.17, 15) is 4.79 Å². The molecule has 140 valence electrons. The average molecular weight is 470 g/mol. The highest BCUT2D eigenvalue weighted by molar-refractivity contribution is 14.0. The van der Waals surface area contributed by atoms with Gasteiger partial charge in [-0.05, 0) is 19.1 Å². The van der Waals surface area contributed by atoms with Crippen molar-refractivity contribution < 1.29 is 9.53 Å². The summed E-state index contributed by atoms with van der Waals surface area (Å²) >= 11 is 1.85. The summed E-state index contributed by atoms with van der Waals surface area (Å²) < 4.78 is 5.33. The van der Waals surface area contributed by atoms with Crippen molar-refractivity contribution in [3.05, 3.63) is 0 Å². The molecule has 24 heavy (non-hydrogen) atoms. The van der Waals surface area contributed by atoms with E-state index in [1.54, 1.807) is 0 Å². The molecule has 0 aliphatic carbocycles. The highest BCUT2D eigenvalue weighted by Crippen LogP contribution is 2.20. The molecule has 0 spiro atoms. The summed E-state index contributed by atoms with van der Waals surface area (Å²) in [5.41, 5.74) is 0. The summed E-state index contributed by atoms with van der Waals surface area (Å²) in [5.74, 6) is 1.43. The molecule has 0 aromatic heterocycles. The number of nitrogens with zero attached hydrogens (tertiary/aromatic N) is 3. The molecule has 6 nitrogen and oxygen atoms in total. The van der Waals surface area contributed by atoms with E-state index in [2.05, 4.69) is 28.4 Å². The second-order valence-electron chi connectivity index (χ2n) is 6.17. The molecule has 1 atom stereocenters. The Morgan fingerprint density at radius 3 is 2.42 bits per heavy atom. The van der Waals surface area contributed by atoms with Gasteiger partial charge in [-0.3, -0.25) is 9.79 Å². The summed E-state index contributed by atoms with van der Waals surface area (Å²) in [4.78, 5) is 21.2. The minimum atomic E-state index is 0. The third kappa shape index (κ3) is 6.25. The topological polar surface area (TPSA) is 57.2 Å². The van der Waals surface area contributed by atoms with Crippen molar-refractivity contribution in [3.8, 4) is 0 Å². The van der Waals surface area contributed by atoms with Crippen molar-refractivity contribution in [2.24, 2.45) is 10.9 Å². The molecule has 0 aromatic carbocycles. The van der Waals surface area contributed by atoms with Crippen LogP contribution < -0.4 is 5.32 Å². The molecule has 2 saturated heterocycles. The lowest BCUT2D eigenvalue weighted by Crippen LogP contribution is -2.50. The summed E-state index contributed by atoms with van der Waals surface area (Å²) in [6, 6.07) is 0. The van der Waals surface area contributed by atoms with Crippen molar-refractivity contribution in [3.63, 3.8) is 0 Å². The fourth-order valence-corrected chi connectivity index (χ4v) is 3.28. The van der Waals surface area contributed by atoms with E-state index in [0.29, 0.717) is 24.4 Å². The largest absolute Gasteiger partial charge is 0.378 e. The first-order chi connectivity index (χ1) is 11.2. The van der Waals surface area contributed by atoms with Gasteiger partial charge in [0.25, 0.3) is 0 Å². The van der Waals surface area contributed by atoms with Crippen LogP contribution in [-0.4, -0.2) is 86.2 Å². The first kappa shape index (κ1) is 21.8. The Morgan fingerprint density at radius 1 is 1.25 bits per heavy atom. The smallest absolute Gasteiger partial charge is 0.225 e. The number of rotatable bonds is 4. The number of aliphatic imine (C=N–C) groups is 1. The van der Waals surface area contributed by atoms with Crippen LogP contribution in [0.25, 0.3) is 0 Å². The van der Waals surface area contributed by atoms with Crippen LogP contribution in [-0.2, 0) is 9.53 Å². The number of nitrogens with one attached hydrogen (secondary N) is 1. The molecule has 0 aromatic rings. The number of carbonyl (C=O) groups is 1. The standard InChI is InChI=1S/C16H30N4O2S.HI/c1-13(23-3)12-18-16(17-2)20-6-4-14(5-7-20)15(21)19-8-10-22-11-9-19;/h13-14H,4-12H2,1-3H3,(H,17,18);1H. The fourth-order valence-electron chi connectivity index (χ4n) is 3.03. The number of ether oxygens (including phenoxy) is 1. The molecule has 1 N–H and O–H groups in total. The molecule has 8 heteroatoms. The zero-order chi connectivity index (χ0) is 16.7. The van der Waals surface area contributed by atoms with Gasteiger partial charge in [0.05, 0.1) is 13.2 Å². The Balaban J connectivity index is 0.00000288. The predicted molar refractivity (Wildman–Crippen MR) is 111 cm³/mol. The SMILES string of the molecule is CN=C(NCC(C)SC)N1CCC(C(=O)N2CCOCC2)CC1.I. The van der Waals surface area contributed by atoms with Gasteiger partial charge < -0.3 is 19.9 Å². The molecule has 1 unspecified atom stereocenters. The predicted octanol–water partition coefficient (Wildman–Crippen LogP) is 1.50. The summed E-state index contributed by atoms with van der Waals surface area (Å²) in [7, 11) is 1.83. The number of hydrogen-bond acceptors (Lipinski definition) is 4. The zero-order valence-corrected chi connectivity index (χ0v) is 18.1. The normalized spacial score (nSPS) is 21.2. The van der Waals surface area contributed by atoms with Gasteiger partial charge in [-0.25, -0.2) is 0 Å². The van der Waals surface area contributed by atoms with Crippen molar-refractivity contribution in [1.82, 2.24) is 15.1 Å². The molecule has 2 fully saturated rings. The Morgan fingerprint density at radius 2 is 1.88 bits per heavy atom. The molecule has 2 heterocycles. The third-order valence-corrected chi connectivity index (χ3v) is 5.60. The summed E-state index contributed by atoms with van der Waals surface area (Å²) in [6.07, 6.45) is 3.95. The molecular weight excluding hydrogens is 439 g/mol. The van der Waals surface area contributed by atoms with Gasteiger partial charge in [0, 0.05) is 50.9 Å². The molecule has 0 radical (unpaired) electrons. The lowest BCUT2D eigenvalue weighted by molar-refractivity contribution is -0.140. The van der Waals surface area contributed by atoms with Gasteiger partial charge in [0.2, 0.25) is 5.91 Å². The highest BCUT2D eigenvalue weighted by atomic mass is 127. The van der Waals surface area contributed by atoms with Gasteiger partial charge in [-0.15, -0.1) is 24.0 Å². The number of likely N-dealkylation sites (tertiary alicyclic amines) is 1. The number of carbonyl (C=O) groups excluding carboxylic acids is 1. The van der Waals surface area contributed by atoms with Crippen molar-refractivity contribution in [2.45, 2.75) is 25.0 Å². The van der Waals surface area contributed by atoms with Crippen LogP contribution in [0.4, 0.5) is 0 Å². The maximum Gasteiger partial charge on any atom is 0.225 e. The van der Waals surface area contributed by atoms with Crippen LogP contribution in [0.15, 0.2) is 4.99 Å². The van der Waals surface area contributed by atoms with Crippen LogP contribution >= 0.6 is 35.7 Å². The van der Waals surface area contributed by atoms with Gasteiger partial charge in [0.15, 0.2) is 5.96 Å². The van der Waals surface area contributed by atoms with Crippen molar-refractivity contribution >= 4 is 47.6 Å². The van der Waals surface area contributed by atoms with E-state index in [4.69, 9.17) is 4.74 Å². The number of morpholine rings is 1. The number of piperidine rings is 1. The summed E-state index contributed by atoms with van der Waals surface area (Å²) in [6.45, 7) is 7.76. The molecular formula is C16H31IN4O2S. The molecule has 2 aliphatic heterocycles. The number of guanidine groups is 1. The average Bonchev–Trinajstić information content (AvgIpc) is 2.62. The van der Waals surface area contributed by atoms with E-state index in [0.717, 1.165) is 51.5 Å². The van der Waals surface area contributed by atoms with Crippen LogP contribution in [0.5, 0.6) is 0 Å². The first-order valence-corrected chi connectivity index (χ1v) is 9.79. The first-order valence-electron chi connectivity index (χ1n) is 8.50. The van der Waals surface area contributed by atoms with E-state index in [1.165, 1.54) is 0 Å². The monoisotopic (exact) mass is 470 g/mol. The number of halogens is 1. The Bertz CT molecular complexity index is 411. The van der Waals surface area contributed by atoms with E-state index in [-0.39, 0.29) is 29.9 Å². The molecule has 1 amide bonds. The zero-order valence-electron chi connectivity index (χ0n) is 15.0. The molecule has 0 saturated carbocycles. The van der Waals surface area contributed by atoms with Crippen LogP contribution in [0.2, 0.25) is 0 Å². The number of hydrogen-bond donors (Lipinski definition) is 1. The Kier molecular flexibility index (Phi) is 10.4. The van der Waals surface area contributed by atoms with Crippen LogP contribution in [0.3, 0.4) is 0 Å². The molecule has 2 rings (SSSR count). The van der Waals surface area contributed by atoms with Crippen molar-refractivity contribution in [1.29, 1.82) is 0 Å². The Hall–Kier alpha value is -0.220. The summed E-state index contributed by atoms with van der Waals surface area (Å²) in [5, 5.41) is 4.00. The molecule has 2 aliphatic rings. The second-order valence-corrected chi connectivity index (χ2v) is 7.45. The lowest BCUT2D eigenvalue weighted by atomic mass is 9.95. The number of amides is 1. The van der Waals surface area contributed by atoms with Crippen molar-refractivity contribution in [2.75, 3.05) is 59.2 Å². The maximum atomic E-state index is 12.6. The quantitative estimate of drug-likeness (QED) is 0.384. The fraction of sp³-hybridized carbons (Fsp3) is 0.875. The Labute approximate surface area is 167 Å². The van der Waals surface area contributed by atoms with Crippen LogP contribution in [0.1, 0.15) is 19.8 Å². The lowest BCUT2D eigenvalue weighted by Gasteiger charge is -2.36. The van der Waals surface area contributed by atoms with Gasteiger partial charge in [0.1, 0.15) is 0 Å². The maximum absolute atomic E-state index is 12.6. The minimum absolute atomic E-state index is 0. The van der Waals surface area contributed by atoms with Gasteiger partial charge in [-0.2, -0.15) is 11.8 Å². The van der Waals surface area contributed by atoms with E-state index in [1.807, 2.05) is 23.7 Å². The van der Waals surface area contributed by atoms with Gasteiger partial charge in [-0.1, -0.05) is 6.92 Å². The number of thioether (sulfide) groups is 1. The van der Waals surface area contributed by atoms with Crippen LogP contribution in [0, 0.1) is 5.92 Å². The molecule has 0 bridgehead atoms. The van der Waals surface area contributed by atoms with Gasteiger partial charge >= 0.3 is 0 Å². The highest BCUT2D eigenvalue weighted by Gasteiger charge is 2.30. The minimum Gasteiger partial charge on any atom is -0.378 e. The second kappa shape index (κ2) is 11.4. The van der Waals surface area contributed by atoms with E-state index < -0.39 is 0 Å².